The number of ether oxygens (including phenoxy) is 3. The van der Waals surface area contributed by atoms with Crippen LogP contribution in [0.4, 0.5) is 0 Å². The predicted molar refractivity (Wildman–Crippen MR) is 133 cm³/mol. The van der Waals surface area contributed by atoms with E-state index in [1.807, 2.05) is 84.9 Å². The first-order valence-corrected chi connectivity index (χ1v) is 12.0. The molecule has 3 aromatic carbocycles. The molecule has 1 aliphatic heterocycles. The van der Waals surface area contributed by atoms with E-state index in [1.165, 1.54) is 0 Å². The Bertz CT molecular complexity index is 1060. The smallest absolute Gasteiger partial charge is 0.228 e. The SMILES string of the molecule is COc1ccc(CN2C(=O)C[C@H](OCc3ccccc3)C2(O)CCCOCc2ccccc2)cc1. The third-order valence-electron chi connectivity index (χ3n) is 6.38. The van der Waals surface area contributed by atoms with Gasteiger partial charge in [-0.15, -0.1) is 0 Å². The monoisotopic (exact) mass is 475 g/mol. The second kappa shape index (κ2) is 12.0. The van der Waals surface area contributed by atoms with Crippen LogP contribution in [0.5, 0.6) is 5.75 Å². The molecule has 35 heavy (non-hydrogen) atoms. The van der Waals surface area contributed by atoms with Crippen LogP contribution in [-0.4, -0.2) is 41.5 Å². The fourth-order valence-corrected chi connectivity index (χ4v) is 4.42. The Hall–Kier alpha value is -3.19. The Labute approximate surface area is 207 Å². The van der Waals surface area contributed by atoms with Crippen molar-refractivity contribution in [1.29, 1.82) is 0 Å². The van der Waals surface area contributed by atoms with Crippen LogP contribution < -0.4 is 4.74 Å². The number of likely N-dealkylation sites (tertiary alicyclic amines) is 1. The van der Waals surface area contributed by atoms with Gasteiger partial charge < -0.3 is 24.2 Å². The van der Waals surface area contributed by atoms with E-state index in [1.54, 1.807) is 12.0 Å². The molecular formula is C29H33NO5. The molecule has 6 nitrogen and oxygen atoms in total. The van der Waals surface area contributed by atoms with Crippen LogP contribution in [0.3, 0.4) is 0 Å². The normalized spacial score (nSPS) is 19.8. The maximum absolute atomic E-state index is 13.0. The van der Waals surface area contributed by atoms with Crippen molar-refractivity contribution < 1.29 is 24.1 Å². The highest BCUT2D eigenvalue weighted by Crippen LogP contribution is 2.36. The number of hydrogen-bond acceptors (Lipinski definition) is 5. The van der Waals surface area contributed by atoms with Gasteiger partial charge in [0.2, 0.25) is 5.91 Å². The molecular weight excluding hydrogens is 442 g/mol. The first kappa shape index (κ1) is 24.9. The summed E-state index contributed by atoms with van der Waals surface area (Å²) in [6, 6.07) is 27.3. The van der Waals surface area contributed by atoms with Gasteiger partial charge in [-0.3, -0.25) is 4.79 Å². The van der Waals surface area contributed by atoms with Crippen LogP contribution in [0.2, 0.25) is 0 Å². The highest BCUT2D eigenvalue weighted by Gasteiger charge is 2.52. The fourth-order valence-electron chi connectivity index (χ4n) is 4.42. The van der Waals surface area contributed by atoms with Crippen LogP contribution in [-0.2, 0) is 34.0 Å². The lowest BCUT2D eigenvalue weighted by atomic mass is 10.0. The van der Waals surface area contributed by atoms with Gasteiger partial charge >= 0.3 is 0 Å². The van der Waals surface area contributed by atoms with Gasteiger partial charge in [-0.1, -0.05) is 72.8 Å². The molecule has 0 radical (unpaired) electrons. The average molecular weight is 476 g/mol. The molecule has 184 valence electrons. The zero-order valence-corrected chi connectivity index (χ0v) is 20.1. The summed E-state index contributed by atoms with van der Waals surface area (Å²) < 4.78 is 17.2. The molecule has 1 N–H and O–H groups in total. The van der Waals surface area contributed by atoms with Crippen LogP contribution >= 0.6 is 0 Å². The van der Waals surface area contributed by atoms with E-state index in [2.05, 4.69) is 0 Å². The van der Waals surface area contributed by atoms with Crippen molar-refractivity contribution in [3.8, 4) is 5.75 Å². The number of hydrogen-bond donors (Lipinski definition) is 1. The highest BCUT2D eigenvalue weighted by molar-refractivity contribution is 5.80. The zero-order chi connectivity index (χ0) is 24.5. The molecule has 1 fully saturated rings. The molecule has 0 aromatic heterocycles. The minimum Gasteiger partial charge on any atom is -0.497 e. The lowest BCUT2D eigenvalue weighted by Gasteiger charge is -2.37. The molecule has 1 amide bonds. The van der Waals surface area contributed by atoms with E-state index in [0.29, 0.717) is 39.2 Å². The Morgan fingerprint density at radius 2 is 1.51 bits per heavy atom. The van der Waals surface area contributed by atoms with E-state index >= 15 is 0 Å². The quantitative estimate of drug-likeness (QED) is 0.385. The summed E-state index contributed by atoms with van der Waals surface area (Å²) in [4.78, 5) is 14.6. The van der Waals surface area contributed by atoms with E-state index in [9.17, 15) is 9.90 Å². The zero-order valence-electron chi connectivity index (χ0n) is 20.1. The molecule has 2 atom stereocenters. The summed E-state index contributed by atoms with van der Waals surface area (Å²) in [6.07, 6.45) is 0.483. The van der Waals surface area contributed by atoms with Crippen LogP contribution in [0.25, 0.3) is 0 Å². The number of rotatable bonds is 12. The van der Waals surface area contributed by atoms with Crippen molar-refractivity contribution in [3.63, 3.8) is 0 Å². The minimum absolute atomic E-state index is 0.119. The molecule has 1 saturated heterocycles. The van der Waals surface area contributed by atoms with Gasteiger partial charge in [0.05, 0.1) is 26.7 Å². The second-order valence-electron chi connectivity index (χ2n) is 8.84. The van der Waals surface area contributed by atoms with Gasteiger partial charge in [-0.05, 0) is 41.7 Å². The van der Waals surface area contributed by atoms with Gasteiger partial charge in [0.25, 0.3) is 0 Å². The number of aliphatic hydroxyl groups is 1. The molecule has 6 heteroatoms. The highest BCUT2D eigenvalue weighted by atomic mass is 16.5. The van der Waals surface area contributed by atoms with Crippen molar-refractivity contribution in [3.05, 3.63) is 102 Å². The van der Waals surface area contributed by atoms with Crippen molar-refractivity contribution in [2.24, 2.45) is 0 Å². The van der Waals surface area contributed by atoms with Gasteiger partial charge in [0, 0.05) is 13.2 Å². The Balaban J connectivity index is 1.42. The first-order chi connectivity index (χ1) is 17.1. The number of carbonyl (C=O) groups is 1. The van der Waals surface area contributed by atoms with Crippen molar-refractivity contribution >= 4 is 5.91 Å². The van der Waals surface area contributed by atoms with E-state index in [0.717, 1.165) is 22.4 Å². The number of benzene rings is 3. The number of nitrogens with zero attached hydrogens (tertiary/aromatic N) is 1. The van der Waals surface area contributed by atoms with Crippen LogP contribution in [0.1, 0.15) is 36.0 Å². The summed E-state index contributed by atoms with van der Waals surface area (Å²) >= 11 is 0. The standard InChI is InChI=1S/C29H33NO5/c1-33-26-15-13-23(14-16-26)20-30-28(31)19-27(35-22-25-11-6-3-7-12-25)29(30,32)17-8-18-34-21-24-9-4-2-5-10-24/h2-7,9-16,27,32H,8,17-22H2,1H3/t27-,29?/m0/s1. The van der Waals surface area contributed by atoms with Gasteiger partial charge in [-0.2, -0.15) is 0 Å². The lowest BCUT2D eigenvalue weighted by Crippen LogP contribution is -2.51. The fraction of sp³-hybridized carbons (Fsp3) is 0.345. The van der Waals surface area contributed by atoms with Gasteiger partial charge in [0.1, 0.15) is 11.9 Å². The molecule has 1 aliphatic rings. The molecule has 3 aromatic rings. The van der Waals surface area contributed by atoms with E-state index in [4.69, 9.17) is 14.2 Å². The van der Waals surface area contributed by atoms with Gasteiger partial charge in [-0.25, -0.2) is 0 Å². The lowest BCUT2D eigenvalue weighted by molar-refractivity contribution is -0.179. The Kier molecular flexibility index (Phi) is 8.53. The summed E-state index contributed by atoms with van der Waals surface area (Å²) in [5.41, 5.74) is 1.61. The third kappa shape index (κ3) is 6.48. The molecule has 0 aliphatic carbocycles. The number of methoxy groups -OCH3 is 1. The van der Waals surface area contributed by atoms with Gasteiger partial charge in [0.15, 0.2) is 5.72 Å². The van der Waals surface area contributed by atoms with Crippen LogP contribution in [0.15, 0.2) is 84.9 Å². The average Bonchev–Trinajstić information content (AvgIpc) is 3.13. The minimum atomic E-state index is -1.41. The summed E-state index contributed by atoms with van der Waals surface area (Å²) in [7, 11) is 1.62. The second-order valence-corrected chi connectivity index (χ2v) is 8.84. The van der Waals surface area contributed by atoms with Crippen molar-refractivity contribution in [1.82, 2.24) is 4.90 Å². The Morgan fingerprint density at radius 1 is 0.886 bits per heavy atom. The molecule has 0 spiro atoms. The van der Waals surface area contributed by atoms with Crippen molar-refractivity contribution in [2.75, 3.05) is 13.7 Å². The summed E-state index contributed by atoms with van der Waals surface area (Å²) in [6.45, 7) is 1.63. The van der Waals surface area contributed by atoms with E-state index in [-0.39, 0.29) is 12.3 Å². The summed E-state index contributed by atoms with van der Waals surface area (Å²) in [5, 5.41) is 11.8. The number of amides is 1. The first-order valence-electron chi connectivity index (χ1n) is 12.0. The topological polar surface area (TPSA) is 68.2 Å². The largest absolute Gasteiger partial charge is 0.497 e. The molecule has 4 rings (SSSR count). The molecule has 1 heterocycles. The number of carbonyl (C=O) groups excluding carboxylic acids is 1. The Morgan fingerprint density at radius 3 is 2.14 bits per heavy atom. The summed E-state index contributed by atoms with van der Waals surface area (Å²) in [5.74, 6) is 0.628. The molecule has 0 saturated carbocycles. The maximum atomic E-state index is 13.0. The van der Waals surface area contributed by atoms with Crippen molar-refractivity contribution in [2.45, 2.75) is 50.8 Å². The third-order valence-corrected chi connectivity index (χ3v) is 6.38. The predicted octanol–water partition coefficient (Wildman–Crippen LogP) is 4.70. The maximum Gasteiger partial charge on any atom is 0.228 e. The van der Waals surface area contributed by atoms with Crippen LogP contribution in [0, 0.1) is 0 Å². The molecule has 0 bridgehead atoms. The molecule has 1 unspecified atom stereocenters. The van der Waals surface area contributed by atoms with E-state index < -0.39 is 11.8 Å².